The van der Waals surface area contributed by atoms with E-state index in [4.69, 9.17) is 0 Å². The number of aldehydes is 1. The van der Waals surface area contributed by atoms with Gasteiger partial charge in [-0.2, -0.15) is 0 Å². The molecule has 1 heterocycles. The first-order chi connectivity index (χ1) is 6.72. The van der Waals surface area contributed by atoms with Crippen molar-refractivity contribution in [3.05, 3.63) is 0 Å². The Morgan fingerprint density at radius 2 is 2.14 bits per heavy atom. The van der Waals surface area contributed by atoms with Gasteiger partial charge in [-0.05, 0) is 38.3 Å². The standard InChI is InChI=1S/C10H17F2NO/c11-10(12)8-13-5-1-2-9(3-6-13)4-7-14/h7,9-10H,1-6,8H2. The van der Waals surface area contributed by atoms with E-state index in [1.165, 1.54) is 0 Å². The van der Waals surface area contributed by atoms with Crippen LogP contribution < -0.4 is 0 Å². The molecule has 0 amide bonds. The van der Waals surface area contributed by atoms with Crippen molar-refractivity contribution < 1.29 is 13.6 Å². The largest absolute Gasteiger partial charge is 0.303 e. The molecule has 82 valence electrons. The summed E-state index contributed by atoms with van der Waals surface area (Å²) in [5, 5.41) is 0. The van der Waals surface area contributed by atoms with Crippen LogP contribution in [0.3, 0.4) is 0 Å². The van der Waals surface area contributed by atoms with Crippen molar-refractivity contribution >= 4 is 6.29 Å². The Morgan fingerprint density at radius 1 is 1.36 bits per heavy atom. The number of halogens is 2. The molecular formula is C10H17F2NO. The monoisotopic (exact) mass is 205 g/mol. The lowest BCUT2D eigenvalue weighted by atomic mass is 9.98. The second-order valence-corrected chi connectivity index (χ2v) is 3.89. The van der Waals surface area contributed by atoms with E-state index >= 15 is 0 Å². The maximum absolute atomic E-state index is 12.1. The van der Waals surface area contributed by atoms with Crippen LogP contribution in [0, 0.1) is 5.92 Å². The lowest BCUT2D eigenvalue weighted by molar-refractivity contribution is -0.108. The third-order valence-electron chi connectivity index (χ3n) is 2.77. The lowest BCUT2D eigenvalue weighted by Crippen LogP contribution is -2.29. The molecule has 1 aliphatic rings. The molecule has 0 bridgehead atoms. The Balaban J connectivity index is 2.29. The van der Waals surface area contributed by atoms with Gasteiger partial charge >= 0.3 is 0 Å². The molecule has 0 saturated carbocycles. The van der Waals surface area contributed by atoms with Crippen molar-refractivity contribution in [2.24, 2.45) is 5.92 Å². The van der Waals surface area contributed by atoms with E-state index in [9.17, 15) is 13.6 Å². The van der Waals surface area contributed by atoms with Crippen LogP contribution in [-0.2, 0) is 4.79 Å². The van der Waals surface area contributed by atoms with Gasteiger partial charge in [0.2, 0.25) is 0 Å². The van der Waals surface area contributed by atoms with E-state index in [1.54, 1.807) is 4.90 Å². The zero-order chi connectivity index (χ0) is 10.4. The number of nitrogens with zero attached hydrogens (tertiary/aromatic N) is 1. The Labute approximate surface area is 83.3 Å². The fourth-order valence-corrected chi connectivity index (χ4v) is 1.97. The second kappa shape index (κ2) is 6.06. The molecule has 0 aromatic carbocycles. The summed E-state index contributed by atoms with van der Waals surface area (Å²) in [5.41, 5.74) is 0. The van der Waals surface area contributed by atoms with Gasteiger partial charge in [-0.1, -0.05) is 0 Å². The summed E-state index contributed by atoms with van der Waals surface area (Å²) in [4.78, 5) is 12.1. The van der Waals surface area contributed by atoms with Crippen LogP contribution in [0.4, 0.5) is 8.78 Å². The van der Waals surface area contributed by atoms with E-state index in [1.807, 2.05) is 0 Å². The number of carbonyl (C=O) groups is 1. The molecule has 1 atom stereocenters. The van der Waals surface area contributed by atoms with Gasteiger partial charge in [0.25, 0.3) is 6.43 Å². The average Bonchev–Trinajstić information content (AvgIpc) is 2.31. The minimum absolute atomic E-state index is 0.117. The first-order valence-corrected chi connectivity index (χ1v) is 5.16. The molecule has 0 radical (unpaired) electrons. The Morgan fingerprint density at radius 3 is 2.79 bits per heavy atom. The summed E-state index contributed by atoms with van der Waals surface area (Å²) in [6, 6.07) is 0. The number of alkyl halides is 2. The van der Waals surface area contributed by atoms with Crippen LogP contribution in [0.15, 0.2) is 0 Å². The SMILES string of the molecule is O=CCC1CCCN(CC(F)F)CC1. The second-order valence-electron chi connectivity index (χ2n) is 3.89. The van der Waals surface area contributed by atoms with Gasteiger partial charge in [0, 0.05) is 6.42 Å². The van der Waals surface area contributed by atoms with Crippen LogP contribution >= 0.6 is 0 Å². The maximum Gasteiger partial charge on any atom is 0.251 e. The molecule has 14 heavy (non-hydrogen) atoms. The van der Waals surface area contributed by atoms with Crippen molar-refractivity contribution in [3.63, 3.8) is 0 Å². The Bertz CT molecular complexity index is 176. The summed E-state index contributed by atoms with van der Waals surface area (Å²) in [5.74, 6) is 0.412. The van der Waals surface area contributed by atoms with E-state index in [2.05, 4.69) is 0 Å². The van der Waals surface area contributed by atoms with Gasteiger partial charge in [0.1, 0.15) is 6.29 Å². The minimum atomic E-state index is -2.24. The zero-order valence-corrected chi connectivity index (χ0v) is 8.29. The molecule has 1 unspecified atom stereocenters. The molecule has 0 aliphatic carbocycles. The first-order valence-electron chi connectivity index (χ1n) is 5.16. The number of likely N-dealkylation sites (tertiary alicyclic amines) is 1. The maximum atomic E-state index is 12.1. The predicted octanol–water partition coefficient (Wildman–Crippen LogP) is 1.94. The topological polar surface area (TPSA) is 20.3 Å². The van der Waals surface area contributed by atoms with Crippen LogP contribution in [-0.4, -0.2) is 37.2 Å². The molecule has 0 N–H and O–H groups in total. The average molecular weight is 205 g/mol. The highest BCUT2D eigenvalue weighted by molar-refractivity contribution is 5.49. The minimum Gasteiger partial charge on any atom is -0.303 e. The van der Waals surface area contributed by atoms with E-state index in [-0.39, 0.29) is 6.54 Å². The van der Waals surface area contributed by atoms with Crippen LogP contribution in [0.25, 0.3) is 0 Å². The molecule has 0 aromatic rings. The normalized spacial score (nSPS) is 24.9. The molecular weight excluding hydrogens is 188 g/mol. The van der Waals surface area contributed by atoms with E-state index in [0.717, 1.165) is 32.1 Å². The highest BCUT2D eigenvalue weighted by Gasteiger charge is 2.18. The molecule has 0 aromatic heterocycles. The fraction of sp³-hybridized carbons (Fsp3) is 0.900. The van der Waals surface area contributed by atoms with Gasteiger partial charge in [-0.25, -0.2) is 8.78 Å². The summed E-state index contributed by atoms with van der Waals surface area (Å²) < 4.78 is 24.2. The molecule has 1 rings (SSSR count). The van der Waals surface area contributed by atoms with Gasteiger partial charge in [0.05, 0.1) is 6.54 Å². The van der Waals surface area contributed by atoms with Crippen molar-refractivity contribution in [1.82, 2.24) is 4.90 Å². The van der Waals surface area contributed by atoms with Gasteiger partial charge < -0.3 is 4.79 Å². The number of rotatable bonds is 4. The summed E-state index contributed by atoms with van der Waals surface area (Å²) in [7, 11) is 0. The first kappa shape index (κ1) is 11.6. The Hall–Kier alpha value is -0.510. The zero-order valence-electron chi connectivity index (χ0n) is 8.29. The van der Waals surface area contributed by atoms with Crippen molar-refractivity contribution in [3.8, 4) is 0 Å². The molecule has 4 heteroatoms. The van der Waals surface area contributed by atoms with Gasteiger partial charge in [-0.3, -0.25) is 4.90 Å². The van der Waals surface area contributed by atoms with Crippen molar-refractivity contribution in [1.29, 1.82) is 0 Å². The van der Waals surface area contributed by atoms with Gasteiger partial charge in [0.15, 0.2) is 0 Å². The van der Waals surface area contributed by atoms with E-state index in [0.29, 0.717) is 18.9 Å². The number of hydrogen-bond donors (Lipinski definition) is 0. The molecule has 1 fully saturated rings. The molecule has 1 aliphatic heterocycles. The third-order valence-corrected chi connectivity index (χ3v) is 2.77. The van der Waals surface area contributed by atoms with Gasteiger partial charge in [-0.15, -0.1) is 0 Å². The van der Waals surface area contributed by atoms with E-state index < -0.39 is 6.43 Å². The Kier molecular flexibility index (Phi) is 5.01. The fourth-order valence-electron chi connectivity index (χ4n) is 1.97. The highest BCUT2D eigenvalue weighted by atomic mass is 19.3. The summed E-state index contributed by atoms with van der Waals surface area (Å²) in [6.45, 7) is 1.34. The van der Waals surface area contributed by atoms with Crippen molar-refractivity contribution in [2.45, 2.75) is 32.1 Å². The van der Waals surface area contributed by atoms with Crippen LogP contribution in [0.5, 0.6) is 0 Å². The quantitative estimate of drug-likeness (QED) is 0.654. The molecule has 2 nitrogen and oxygen atoms in total. The molecule has 0 spiro atoms. The lowest BCUT2D eigenvalue weighted by Gasteiger charge is -2.18. The third kappa shape index (κ3) is 4.13. The predicted molar refractivity (Wildman–Crippen MR) is 50.5 cm³/mol. The van der Waals surface area contributed by atoms with Crippen LogP contribution in [0.1, 0.15) is 25.7 Å². The summed E-state index contributed by atoms with van der Waals surface area (Å²) in [6.07, 6.45) is 2.10. The smallest absolute Gasteiger partial charge is 0.251 e. The van der Waals surface area contributed by atoms with Crippen LogP contribution in [0.2, 0.25) is 0 Å². The number of carbonyl (C=O) groups excluding carboxylic acids is 1. The molecule has 1 saturated heterocycles. The number of hydrogen-bond acceptors (Lipinski definition) is 2. The highest BCUT2D eigenvalue weighted by Crippen LogP contribution is 2.19. The van der Waals surface area contributed by atoms with Crippen molar-refractivity contribution in [2.75, 3.05) is 19.6 Å². The summed E-state index contributed by atoms with van der Waals surface area (Å²) >= 11 is 0.